The van der Waals surface area contributed by atoms with Gasteiger partial charge in [0, 0.05) is 15.2 Å². The van der Waals surface area contributed by atoms with Crippen molar-refractivity contribution >= 4 is 56.0 Å². The molecule has 2 aromatic carbocycles. The number of thioether (sulfide) groups is 1. The standard InChI is InChI=1S/C20H17BrClNO2S/c1-10-4-7-15(22)13(8-10)9-26-20-17(12(3)24)19(25)16-11(2)5-6-14(21)18(16)23-20/h4-8H,9H2,1-3H3,(H,23,25). The lowest BCUT2D eigenvalue weighted by molar-refractivity contribution is 0.101. The number of H-pyrrole nitrogens is 1. The van der Waals surface area contributed by atoms with Crippen molar-refractivity contribution in [2.45, 2.75) is 31.6 Å². The number of Topliss-reactive ketones (excluding diaryl/α,β-unsaturated/α-hetero) is 1. The zero-order valence-corrected chi connectivity index (χ0v) is 17.7. The lowest BCUT2D eigenvalue weighted by atomic mass is 10.1. The summed E-state index contributed by atoms with van der Waals surface area (Å²) in [4.78, 5) is 28.5. The van der Waals surface area contributed by atoms with Crippen LogP contribution in [-0.2, 0) is 5.75 Å². The van der Waals surface area contributed by atoms with Crippen LogP contribution >= 0.6 is 39.3 Å². The molecule has 0 aliphatic rings. The summed E-state index contributed by atoms with van der Waals surface area (Å²) in [5, 5.41) is 1.79. The van der Waals surface area contributed by atoms with E-state index < -0.39 is 0 Å². The topological polar surface area (TPSA) is 49.9 Å². The Balaban J connectivity index is 2.14. The highest BCUT2D eigenvalue weighted by Gasteiger charge is 2.19. The average Bonchev–Trinajstić information content (AvgIpc) is 2.58. The van der Waals surface area contributed by atoms with Crippen LogP contribution in [0.4, 0.5) is 0 Å². The van der Waals surface area contributed by atoms with E-state index in [4.69, 9.17) is 11.6 Å². The van der Waals surface area contributed by atoms with E-state index in [1.165, 1.54) is 18.7 Å². The first kappa shape index (κ1) is 19.2. The number of fused-ring (bicyclic) bond motifs is 1. The highest BCUT2D eigenvalue weighted by atomic mass is 79.9. The Morgan fingerprint density at radius 1 is 1.23 bits per heavy atom. The van der Waals surface area contributed by atoms with Gasteiger partial charge in [-0.25, -0.2) is 0 Å². The lowest BCUT2D eigenvalue weighted by Gasteiger charge is -2.12. The molecule has 0 radical (unpaired) electrons. The van der Waals surface area contributed by atoms with Crippen LogP contribution < -0.4 is 5.43 Å². The second-order valence-corrected chi connectivity index (χ2v) is 8.46. The molecular formula is C20H17BrClNO2S. The molecule has 0 fully saturated rings. The largest absolute Gasteiger partial charge is 0.348 e. The number of nitrogens with one attached hydrogen (secondary N) is 1. The molecule has 3 nitrogen and oxygen atoms in total. The van der Waals surface area contributed by atoms with Gasteiger partial charge in [-0.15, -0.1) is 11.8 Å². The molecule has 3 aromatic rings. The summed E-state index contributed by atoms with van der Waals surface area (Å²) in [5.74, 6) is 0.316. The first-order valence-electron chi connectivity index (χ1n) is 8.03. The number of hydrogen-bond donors (Lipinski definition) is 1. The molecule has 0 aliphatic heterocycles. The van der Waals surface area contributed by atoms with Crippen molar-refractivity contribution in [2.24, 2.45) is 0 Å². The summed E-state index contributed by atoms with van der Waals surface area (Å²) < 4.78 is 0.792. The van der Waals surface area contributed by atoms with Gasteiger partial charge in [0.1, 0.15) is 0 Å². The monoisotopic (exact) mass is 449 g/mol. The number of carbonyl (C=O) groups excluding carboxylic acids is 1. The third kappa shape index (κ3) is 3.61. The molecule has 1 aromatic heterocycles. The van der Waals surface area contributed by atoms with Crippen LogP contribution in [0, 0.1) is 13.8 Å². The Morgan fingerprint density at radius 3 is 2.65 bits per heavy atom. The molecule has 0 atom stereocenters. The van der Waals surface area contributed by atoms with Gasteiger partial charge in [-0.3, -0.25) is 9.59 Å². The minimum atomic E-state index is -0.245. The number of pyridine rings is 1. The molecule has 6 heteroatoms. The molecule has 3 rings (SSSR count). The van der Waals surface area contributed by atoms with Gasteiger partial charge in [0.2, 0.25) is 5.43 Å². The van der Waals surface area contributed by atoms with Crippen molar-refractivity contribution in [2.75, 3.05) is 0 Å². The van der Waals surface area contributed by atoms with E-state index in [9.17, 15) is 9.59 Å². The summed E-state index contributed by atoms with van der Waals surface area (Å²) in [6.45, 7) is 5.30. The zero-order valence-electron chi connectivity index (χ0n) is 14.6. The van der Waals surface area contributed by atoms with Crippen molar-refractivity contribution in [3.8, 4) is 0 Å². The second kappa shape index (κ2) is 7.59. The molecular weight excluding hydrogens is 434 g/mol. The van der Waals surface area contributed by atoms with Gasteiger partial charge in [0.15, 0.2) is 5.78 Å². The third-order valence-corrected chi connectivity index (χ3v) is 6.29. The van der Waals surface area contributed by atoms with Crippen molar-refractivity contribution < 1.29 is 4.79 Å². The average molecular weight is 451 g/mol. The van der Waals surface area contributed by atoms with Crippen LogP contribution in [0.2, 0.25) is 5.02 Å². The number of benzene rings is 2. The Hall–Kier alpha value is -1.56. The van der Waals surface area contributed by atoms with Crippen LogP contribution in [0.5, 0.6) is 0 Å². The van der Waals surface area contributed by atoms with E-state index in [2.05, 4.69) is 20.9 Å². The predicted octanol–water partition coefficient (Wildman–Crippen LogP) is 6.06. The molecule has 134 valence electrons. The zero-order chi connectivity index (χ0) is 19.0. The summed E-state index contributed by atoms with van der Waals surface area (Å²) in [7, 11) is 0. The fraction of sp³-hybridized carbons (Fsp3) is 0.200. The van der Waals surface area contributed by atoms with Crippen LogP contribution in [0.1, 0.15) is 34.0 Å². The van der Waals surface area contributed by atoms with Crippen LogP contribution in [-0.4, -0.2) is 10.8 Å². The van der Waals surface area contributed by atoms with Crippen molar-refractivity contribution in [1.29, 1.82) is 0 Å². The number of aromatic nitrogens is 1. The van der Waals surface area contributed by atoms with Crippen molar-refractivity contribution in [1.82, 2.24) is 4.98 Å². The predicted molar refractivity (Wildman–Crippen MR) is 113 cm³/mol. The minimum absolute atomic E-state index is 0.201. The highest BCUT2D eigenvalue weighted by Crippen LogP contribution is 2.31. The summed E-state index contributed by atoms with van der Waals surface area (Å²) in [6, 6.07) is 9.59. The highest BCUT2D eigenvalue weighted by molar-refractivity contribution is 9.10. The van der Waals surface area contributed by atoms with E-state index in [1.807, 2.05) is 44.2 Å². The maximum absolute atomic E-state index is 13.0. The number of carbonyl (C=O) groups is 1. The fourth-order valence-electron chi connectivity index (χ4n) is 2.89. The van der Waals surface area contributed by atoms with Gasteiger partial charge in [0.05, 0.1) is 21.5 Å². The van der Waals surface area contributed by atoms with Gasteiger partial charge in [-0.1, -0.05) is 35.4 Å². The van der Waals surface area contributed by atoms with Gasteiger partial charge in [-0.2, -0.15) is 0 Å². The number of halogens is 2. The smallest absolute Gasteiger partial charge is 0.201 e. The van der Waals surface area contributed by atoms with Crippen LogP contribution in [0.25, 0.3) is 10.9 Å². The molecule has 0 saturated carbocycles. The Morgan fingerprint density at radius 2 is 1.96 bits per heavy atom. The van der Waals surface area contributed by atoms with Crippen molar-refractivity contribution in [3.05, 3.63) is 72.3 Å². The van der Waals surface area contributed by atoms with Crippen molar-refractivity contribution in [3.63, 3.8) is 0 Å². The molecule has 26 heavy (non-hydrogen) atoms. The number of ketones is 1. The normalized spacial score (nSPS) is 11.1. The SMILES string of the molecule is CC(=O)c1c(SCc2cc(C)ccc2Cl)[nH]c2c(Br)ccc(C)c2c1=O. The third-order valence-electron chi connectivity index (χ3n) is 4.21. The van der Waals surface area contributed by atoms with E-state index in [0.29, 0.717) is 26.7 Å². The molecule has 1 heterocycles. The fourth-order valence-corrected chi connectivity index (χ4v) is 4.68. The minimum Gasteiger partial charge on any atom is -0.348 e. The molecule has 0 aliphatic carbocycles. The number of aromatic amines is 1. The number of rotatable bonds is 4. The van der Waals surface area contributed by atoms with Gasteiger partial charge in [0.25, 0.3) is 0 Å². The Labute approximate surface area is 169 Å². The van der Waals surface area contributed by atoms with Crippen LogP contribution in [0.15, 0.2) is 44.6 Å². The van der Waals surface area contributed by atoms with E-state index in [-0.39, 0.29) is 16.8 Å². The summed E-state index contributed by atoms with van der Waals surface area (Å²) in [6.07, 6.45) is 0. The Bertz CT molecular complexity index is 1090. The second-order valence-electron chi connectivity index (χ2n) is 6.21. The molecule has 0 saturated heterocycles. The van der Waals surface area contributed by atoms with E-state index in [1.54, 1.807) is 0 Å². The maximum Gasteiger partial charge on any atom is 0.201 e. The molecule has 0 spiro atoms. The number of aryl methyl sites for hydroxylation is 2. The van der Waals surface area contributed by atoms with Gasteiger partial charge in [-0.05, 0) is 60.0 Å². The van der Waals surface area contributed by atoms with Gasteiger partial charge < -0.3 is 4.98 Å². The molecule has 1 N–H and O–H groups in total. The molecule has 0 unspecified atom stereocenters. The quantitative estimate of drug-likeness (QED) is 0.388. The number of hydrogen-bond acceptors (Lipinski definition) is 3. The first-order chi connectivity index (χ1) is 12.3. The van der Waals surface area contributed by atoms with E-state index >= 15 is 0 Å². The summed E-state index contributed by atoms with van der Waals surface area (Å²) >= 11 is 11.2. The molecule has 0 bridgehead atoms. The Kier molecular flexibility index (Phi) is 5.61. The lowest BCUT2D eigenvalue weighted by Crippen LogP contribution is -2.17. The molecule has 0 amide bonds. The first-order valence-corrected chi connectivity index (χ1v) is 10.2. The maximum atomic E-state index is 13.0. The van der Waals surface area contributed by atoms with Crippen LogP contribution in [0.3, 0.4) is 0 Å². The summed E-state index contributed by atoms with van der Waals surface area (Å²) in [5.41, 5.74) is 3.59. The van der Waals surface area contributed by atoms with Gasteiger partial charge >= 0.3 is 0 Å². The van der Waals surface area contributed by atoms with E-state index in [0.717, 1.165) is 21.2 Å².